The summed E-state index contributed by atoms with van der Waals surface area (Å²) in [5.41, 5.74) is -0.406. The van der Waals surface area contributed by atoms with E-state index in [9.17, 15) is 4.79 Å². The molecule has 1 unspecified atom stereocenters. The van der Waals surface area contributed by atoms with E-state index in [1.165, 1.54) is 25.7 Å². The summed E-state index contributed by atoms with van der Waals surface area (Å²) >= 11 is 0. The van der Waals surface area contributed by atoms with Crippen LogP contribution in [0, 0.1) is 5.41 Å². The van der Waals surface area contributed by atoms with Gasteiger partial charge in [0.05, 0.1) is 12.7 Å². The lowest BCUT2D eigenvalue weighted by Crippen LogP contribution is -2.56. The number of piperidine rings is 1. The Balaban J connectivity index is 1.73. The first-order chi connectivity index (χ1) is 11.2. The minimum absolute atomic E-state index is 0.0303. The van der Waals surface area contributed by atoms with Crippen LogP contribution in [0.1, 0.15) is 66.7 Å². The van der Waals surface area contributed by atoms with Gasteiger partial charge in [-0.2, -0.15) is 0 Å². The van der Waals surface area contributed by atoms with Crippen LogP contribution in [0.5, 0.6) is 0 Å². The standard InChI is InChI=1S/C19H36N2O3/c1-18(2,3)24-17(22)21-12-10-16(19(4,5)14-21)20-11-13-23-15-8-6-7-9-15/h15-16,20H,6-14H2,1-5H3. The summed E-state index contributed by atoms with van der Waals surface area (Å²) in [6.07, 6.45) is 6.31. The molecule has 1 amide bonds. The van der Waals surface area contributed by atoms with E-state index >= 15 is 0 Å². The Bertz CT molecular complexity index is 411. The summed E-state index contributed by atoms with van der Waals surface area (Å²) in [6, 6.07) is 0.406. The van der Waals surface area contributed by atoms with E-state index in [0.717, 1.165) is 32.7 Å². The Hall–Kier alpha value is -0.810. The van der Waals surface area contributed by atoms with Gasteiger partial charge in [-0.3, -0.25) is 0 Å². The Morgan fingerprint density at radius 1 is 1.21 bits per heavy atom. The summed E-state index contributed by atoms with van der Waals surface area (Å²) in [7, 11) is 0. The Morgan fingerprint density at radius 3 is 2.46 bits per heavy atom. The smallest absolute Gasteiger partial charge is 0.410 e. The van der Waals surface area contributed by atoms with E-state index in [2.05, 4.69) is 19.2 Å². The van der Waals surface area contributed by atoms with Crippen LogP contribution < -0.4 is 5.32 Å². The molecule has 24 heavy (non-hydrogen) atoms. The first-order valence-corrected chi connectivity index (χ1v) is 9.50. The molecular formula is C19H36N2O3. The first-order valence-electron chi connectivity index (χ1n) is 9.50. The highest BCUT2D eigenvalue weighted by Gasteiger charge is 2.38. The van der Waals surface area contributed by atoms with Crippen molar-refractivity contribution in [3.8, 4) is 0 Å². The molecule has 2 rings (SSSR count). The fourth-order valence-electron chi connectivity index (χ4n) is 3.73. The fraction of sp³-hybridized carbons (Fsp3) is 0.947. The molecule has 5 heteroatoms. The van der Waals surface area contributed by atoms with Crippen LogP contribution in [0.2, 0.25) is 0 Å². The van der Waals surface area contributed by atoms with Gasteiger partial charge in [0, 0.05) is 25.7 Å². The second-order valence-electron chi connectivity index (χ2n) is 8.96. The molecule has 1 aliphatic heterocycles. The van der Waals surface area contributed by atoms with E-state index in [0.29, 0.717) is 12.1 Å². The third-order valence-corrected chi connectivity index (χ3v) is 5.03. The van der Waals surface area contributed by atoms with Crippen molar-refractivity contribution < 1.29 is 14.3 Å². The molecule has 5 nitrogen and oxygen atoms in total. The molecule has 2 fully saturated rings. The van der Waals surface area contributed by atoms with E-state index in [4.69, 9.17) is 9.47 Å². The molecule has 1 aliphatic carbocycles. The Kier molecular flexibility index (Phi) is 6.54. The van der Waals surface area contributed by atoms with Crippen molar-refractivity contribution in [1.29, 1.82) is 0 Å². The van der Waals surface area contributed by atoms with Gasteiger partial charge >= 0.3 is 6.09 Å². The fourth-order valence-corrected chi connectivity index (χ4v) is 3.73. The van der Waals surface area contributed by atoms with Crippen molar-refractivity contribution in [1.82, 2.24) is 10.2 Å². The molecule has 1 heterocycles. The molecule has 1 atom stereocenters. The van der Waals surface area contributed by atoms with E-state index in [-0.39, 0.29) is 11.5 Å². The van der Waals surface area contributed by atoms with Crippen molar-refractivity contribution in [2.24, 2.45) is 5.41 Å². The van der Waals surface area contributed by atoms with Crippen molar-refractivity contribution in [3.05, 3.63) is 0 Å². The minimum atomic E-state index is -0.437. The van der Waals surface area contributed by atoms with Gasteiger partial charge in [-0.05, 0) is 45.4 Å². The predicted molar refractivity (Wildman–Crippen MR) is 96.2 cm³/mol. The summed E-state index contributed by atoms with van der Waals surface area (Å²) in [6.45, 7) is 13.3. The molecule has 0 spiro atoms. The topological polar surface area (TPSA) is 50.8 Å². The number of carbonyl (C=O) groups is 1. The SMILES string of the molecule is CC(C)(C)OC(=O)N1CCC(NCCOC2CCCC2)C(C)(C)C1. The monoisotopic (exact) mass is 340 g/mol. The zero-order valence-electron chi connectivity index (χ0n) is 16.2. The number of nitrogens with one attached hydrogen (secondary N) is 1. The zero-order valence-corrected chi connectivity index (χ0v) is 16.2. The van der Waals surface area contributed by atoms with Crippen LogP contribution in [0.4, 0.5) is 4.79 Å². The van der Waals surface area contributed by atoms with Gasteiger partial charge in [-0.15, -0.1) is 0 Å². The summed E-state index contributed by atoms with van der Waals surface area (Å²) in [5.74, 6) is 0. The zero-order chi connectivity index (χ0) is 17.8. The van der Waals surface area contributed by atoms with Crippen LogP contribution in [-0.2, 0) is 9.47 Å². The number of carbonyl (C=O) groups excluding carboxylic acids is 1. The molecule has 0 aromatic rings. The van der Waals surface area contributed by atoms with Crippen molar-refractivity contribution in [3.63, 3.8) is 0 Å². The highest BCUT2D eigenvalue weighted by Crippen LogP contribution is 2.30. The molecule has 0 aromatic carbocycles. The summed E-state index contributed by atoms with van der Waals surface area (Å²) in [4.78, 5) is 14.1. The molecular weight excluding hydrogens is 304 g/mol. The molecule has 2 aliphatic rings. The quantitative estimate of drug-likeness (QED) is 0.777. The van der Waals surface area contributed by atoms with Crippen LogP contribution >= 0.6 is 0 Å². The van der Waals surface area contributed by atoms with Crippen molar-refractivity contribution >= 4 is 6.09 Å². The van der Waals surface area contributed by atoms with E-state index in [1.807, 2.05) is 25.7 Å². The maximum atomic E-state index is 12.3. The summed E-state index contributed by atoms with van der Waals surface area (Å²) < 4.78 is 11.4. The van der Waals surface area contributed by atoms with Gasteiger partial charge < -0.3 is 19.7 Å². The lowest BCUT2D eigenvalue weighted by atomic mass is 9.79. The molecule has 1 saturated heterocycles. The van der Waals surface area contributed by atoms with Gasteiger partial charge in [-0.25, -0.2) is 4.79 Å². The molecule has 140 valence electrons. The normalized spacial score (nSPS) is 25.0. The average Bonchev–Trinajstić information content (AvgIpc) is 2.95. The average molecular weight is 341 g/mol. The molecule has 0 bridgehead atoms. The molecule has 1 N–H and O–H groups in total. The number of likely N-dealkylation sites (tertiary alicyclic amines) is 1. The third kappa shape index (κ3) is 5.92. The van der Waals surface area contributed by atoms with Crippen LogP contribution in [-0.4, -0.2) is 55.0 Å². The highest BCUT2D eigenvalue weighted by atomic mass is 16.6. The van der Waals surface area contributed by atoms with Crippen LogP contribution in [0.15, 0.2) is 0 Å². The third-order valence-electron chi connectivity index (χ3n) is 5.03. The van der Waals surface area contributed by atoms with Crippen LogP contribution in [0.3, 0.4) is 0 Å². The molecule has 0 aromatic heterocycles. The van der Waals surface area contributed by atoms with E-state index in [1.54, 1.807) is 0 Å². The second kappa shape index (κ2) is 8.05. The minimum Gasteiger partial charge on any atom is -0.444 e. The molecule has 1 saturated carbocycles. The van der Waals surface area contributed by atoms with Gasteiger partial charge in [0.2, 0.25) is 0 Å². The number of hydrogen-bond donors (Lipinski definition) is 1. The van der Waals surface area contributed by atoms with Gasteiger partial charge in [0.15, 0.2) is 0 Å². The number of ether oxygens (including phenoxy) is 2. The first kappa shape index (κ1) is 19.5. The maximum Gasteiger partial charge on any atom is 0.410 e. The largest absolute Gasteiger partial charge is 0.444 e. The van der Waals surface area contributed by atoms with Crippen molar-refractivity contribution in [2.45, 2.75) is 84.5 Å². The van der Waals surface area contributed by atoms with E-state index < -0.39 is 5.60 Å². The number of amides is 1. The number of rotatable bonds is 5. The second-order valence-corrected chi connectivity index (χ2v) is 8.96. The van der Waals surface area contributed by atoms with Crippen LogP contribution in [0.25, 0.3) is 0 Å². The van der Waals surface area contributed by atoms with Gasteiger partial charge in [0.1, 0.15) is 5.60 Å². The lowest BCUT2D eigenvalue weighted by molar-refractivity contribution is 0.000337. The van der Waals surface area contributed by atoms with Crippen molar-refractivity contribution in [2.75, 3.05) is 26.2 Å². The number of nitrogens with zero attached hydrogens (tertiary/aromatic N) is 1. The Morgan fingerprint density at radius 2 is 1.88 bits per heavy atom. The predicted octanol–water partition coefficient (Wildman–Crippen LogP) is 3.57. The van der Waals surface area contributed by atoms with Gasteiger partial charge in [0.25, 0.3) is 0 Å². The maximum absolute atomic E-state index is 12.3. The molecule has 0 radical (unpaired) electrons. The Labute approximate surface area is 147 Å². The summed E-state index contributed by atoms with van der Waals surface area (Å²) in [5, 5.41) is 3.64. The highest BCUT2D eigenvalue weighted by molar-refractivity contribution is 5.68. The number of hydrogen-bond acceptors (Lipinski definition) is 4. The lowest BCUT2D eigenvalue weighted by Gasteiger charge is -2.44. The van der Waals surface area contributed by atoms with Gasteiger partial charge in [-0.1, -0.05) is 26.7 Å².